The fourth-order valence-corrected chi connectivity index (χ4v) is 3.85. The van der Waals surface area contributed by atoms with Crippen LogP contribution >= 0.6 is 0 Å². The molecule has 8 nitrogen and oxygen atoms in total. The smallest absolute Gasteiger partial charge is 0.255 e. The van der Waals surface area contributed by atoms with Crippen molar-refractivity contribution < 1.29 is 19.1 Å². The minimum atomic E-state index is -0.638. The Bertz CT molecular complexity index is 1030. The number of benzene rings is 2. The number of nitrogens with zero attached hydrogens (tertiary/aromatic N) is 1. The van der Waals surface area contributed by atoms with Gasteiger partial charge in [-0.15, -0.1) is 0 Å². The number of hydrogen-bond donors (Lipinski definition) is 3. The molecule has 4 N–H and O–H groups in total. The maximum atomic E-state index is 12.9. The Balaban J connectivity index is 1.43. The van der Waals surface area contributed by atoms with Crippen LogP contribution in [0.3, 0.4) is 0 Å². The zero-order chi connectivity index (χ0) is 21.8. The molecule has 0 aromatic heterocycles. The van der Waals surface area contributed by atoms with Gasteiger partial charge >= 0.3 is 0 Å². The van der Waals surface area contributed by atoms with Crippen LogP contribution in [-0.4, -0.2) is 28.7 Å². The first-order valence-electron chi connectivity index (χ1n) is 10.1. The second-order valence-electron chi connectivity index (χ2n) is 7.53. The Morgan fingerprint density at radius 2 is 1.90 bits per heavy atom. The molecule has 0 saturated carbocycles. The normalized spacial score (nSPS) is 18.3. The van der Waals surface area contributed by atoms with Crippen LogP contribution in [0.2, 0.25) is 0 Å². The van der Waals surface area contributed by atoms with Crippen molar-refractivity contribution in [2.24, 2.45) is 5.73 Å². The summed E-state index contributed by atoms with van der Waals surface area (Å²) in [4.78, 5) is 38.1. The third-order valence-electron chi connectivity index (χ3n) is 5.48. The molecule has 0 bridgehead atoms. The minimum absolute atomic E-state index is 0.210. The monoisotopic (exact) mass is 420 g/mol. The van der Waals surface area contributed by atoms with Crippen molar-refractivity contribution in [2.75, 3.05) is 0 Å². The van der Waals surface area contributed by atoms with Crippen LogP contribution in [0.4, 0.5) is 0 Å². The van der Waals surface area contributed by atoms with E-state index in [1.54, 1.807) is 18.3 Å². The first-order chi connectivity index (χ1) is 15.1. The number of hydrogen-bond acceptors (Lipinski definition) is 6. The molecule has 1 atom stereocenters. The summed E-state index contributed by atoms with van der Waals surface area (Å²) in [7, 11) is 0. The Morgan fingerprint density at radius 1 is 1.13 bits per heavy atom. The van der Waals surface area contributed by atoms with Crippen LogP contribution in [0.5, 0.6) is 5.75 Å². The van der Waals surface area contributed by atoms with E-state index in [9.17, 15) is 14.4 Å². The van der Waals surface area contributed by atoms with Crippen molar-refractivity contribution in [3.05, 3.63) is 77.1 Å². The third-order valence-corrected chi connectivity index (χ3v) is 5.48. The standard InChI is InChI=1S/C23H24N4O4/c24-10-11-25-12-15-4-6-16(7-5-15)14-31-20-3-1-2-17-18(20)13-27(23(17)30)19-8-9-21(28)26-22(19)29/h1-7,10-11,19,25H,8-9,12-14,24H2,(H,26,28,29)/b11-10-. The molecule has 8 heteroatoms. The maximum Gasteiger partial charge on any atom is 0.255 e. The third kappa shape index (κ3) is 4.37. The molecule has 4 rings (SSSR count). The van der Waals surface area contributed by atoms with E-state index in [1.807, 2.05) is 30.3 Å². The summed E-state index contributed by atoms with van der Waals surface area (Å²) in [6, 6.07) is 12.7. The van der Waals surface area contributed by atoms with E-state index in [0.717, 1.165) is 16.7 Å². The number of nitrogens with two attached hydrogens (primary N) is 1. The highest BCUT2D eigenvalue weighted by molar-refractivity contribution is 6.05. The molecule has 2 aliphatic heterocycles. The van der Waals surface area contributed by atoms with Crippen molar-refractivity contribution in [2.45, 2.75) is 38.6 Å². The first-order valence-corrected chi connectivity index (χ1v) is 10.1. The first kappa shape index (κ1) is 20.5. The quantitative estimate of drug-likeness (QED) is 0.586. The van der Waals surface area contributed by atoms with Crippen LogP contribution in [-0.2, 0) is 29.3 Å². The summed E-state index contributed by atoms with van der Waals surface area (Å²) in [6.07, 6.45) is 3.70. The van der Waals surface area contributed by atoms with Crippen LogP contribution in [0, 0.1) is 0 Å². The number of fused-ring (bicyclic) bond motifs is 1. The van der Waals surface area contributed by atoms with Crippen molar-refractivity contribution in [3.8, 4) is 5.75 Å². The molecule has 1 unspecified atom stereocenters. The highest BCUT2D eigenvalue weighted by atomic mass is 16.5. The van der Waals surface area contributed by atoms with Gasteiger partial charge in [0.25, 0.3) is 5.91 Å². The molecule has 3 amide bonds. The summed E-state index contributed by atoms with van der Waals surface area (Å²) in [5, 5.41) is 5.40. The van der Waals surface area contributed by atoms with Crippen molar-refractivity contribution in [1.82, 2.24) is 15.5 Å². The Hall–Kier alpha value is -3.81. The van der Waals surface area contributed by atoms with Crippen molar-refractivity contribution in [1.29, 1.82) is 0 Å². The van der Waals surface area contributed by atoms with Crippen LogP contribution in [0.1, 0.15) is 39.9 Å². The topological polar surface area (TPSA) is 114 Å². The summed E-state index contributed by atoms with van der Waals surface area (Å²) in [5.74, 6) is -0.304. The van der Waals surface area contributed by atoms with Crippen LogP contribution in [0.15, 0.2) is 54.9 Å². The lowest BCUT2D eigenvalue weighted by atomic mass is 10.0. The van der Waals surface area contributed by atoms with Gasteiger partial charge in [-0.05, 0) is 29.7 Å². The SMILES string of the molecule is N/C=C\NCc1ccc(COc2cccc3c2CN(C2CCC(=O)NC2=O)C3=O)cc1. The Kier molecular flexibility index (Phi) is 5.88. The van der Waals surface area contributed by atoms with Gasteiger partial charge in [0, 0.05) is 36.5 Å². The highest BCUT2D eigenvalue weighted by Gasteiger charge is 2.40. The summed E-state index contributed by atoms with van der Waals surface area (Å²) in [5.41, 5.74) is 8.73. The number of imide groups is 1. The number of carbonyl (C=O) groups excluding carboxylic acids is 3. The largest absolute Gasteiger partial charge is 0.489 e. The van der Waals surface area contributed by atoms with Gasteiger partial charge in [0.2, 0.25) is 11.8 Å². The molecule has 1 saturated heterocycles. The van der Waals surface area contributed by atoms with Crippen molar-refractivity contribution >= 4 is 17.7 Å². The lowest BCUT2D eigenvalue weighted by Crippen LogP contribution is -2.52. The van der Waals surface area contributed by atoms with E-state index in [4.69, 9.17) is 10.5 Å². The molecule has 2 heterocycles. The van der Waals surface area contributed by atoms with Crippen molar-refractivity contribution in [3.63, 3.8) is 0 Å². The van der Waals surface area contributed by atoms with Gasteiger partial charge < -0.3 is 20.7 Å². The zero-order valence-corrected chi connectivity index (χ0v) is 17.0. The van der Waals surface area contributed by atoms with Gasteiger partial charge in [0.15, 0.2) is 0 Å². The lowest BCUT2D eigenvalue weighted by molar-refractivity contribution is -0.136. The average Bonchev–Trinajstić information content (AvgIpc) is 3.10. The molecular formula is C23H24N4O4. The highest BCUT2D eigenvalue weighted by Crippen LogP contribution is 2.33. The van der Waals surface area contributed by atoms with E-state index >= 15 is 0 Å². The maximum absolute atomic E-state index is 12.9. The van der Waals surface area contributed by atoms with Gasteiger partial charge in [0.1, 0.15) is 18.4 Å². The second-order valence-corrected chi connectivity index (χ2v) is 7.53. The molecule has 2 aromatic rings. The number of carbonyl (C=O) groups is 3. The molecule has 0 spiro atoms. The summed E-state index contributed by atoms with van der Waals surface area (Å²) in [6.45, 7) is 1.33. The number of nitrogens with one attached hydrogen (secondary N) is 2. The lowest BCUT2D eigenvalue weighted by Gasteiger charge is -2.29. The van der Waals surface area contributed by atoms with Gasteiger partial charge in [0.05, 0.1) is 6.54 Å². The van der Waals surface area contributed by atoms with E-state index in [1.165, 1.54) is 11.1 Å². The molecule has 160 valence electrons. The molecule has 1 fully saturated rings. The second kappa shape index (κ2) is 8.91. The fourth-order valence-electron chi connectivity index (χ4n) is 3.85. The number of piperidine rings is 1. The minimum Gasteiger partial charge on any atom is -0.489 e. The van der Waals surface area contributed by atoms with Crippen LogP contribution < -0.4 is 21.1 Å². The predicted octanol–water partition coefficient (Wildman–Crippen LogP) is 1.55. The van der Waals surface area contributed by atoms with Gasteiger partial charge in [-0.1, -0.05) is 30.3 Å². The Morgan fingerprint density at radius 3 is 2.65 bits per heavy atom. The number of amides is 3. The summed E-state index contributed by atoms with van der Waals surface area (Å²) >= 11 is 0. The molecule has 31 heavy (non-hydrogen) atoms. The molecule has 2 aliphatic rings. The average molecular weight is 420 g/mol. The molecular weight excluding hydrogens is 396 g/mol. The fraction of sp³-hybridized carbons (Fsp3) is 0.261. The van der Waals surface area contributed by atoms with E-state index in [0.29, 0.717) is 30.9 Å². The van der Waals surface area contributed by atoms with E-state index < -0.39 is 11.9 Å². The summed E-state index contributed by atoms with van der Waals surface area (Å²) < 4.78 is 6.02. The molecule has 0 aliphatic carbocycles. The van der Waals surface area contributed by atoms with Crippen LogP contribution in [0.25, 0.3) is 0 Å². The van der Waals surface area contributed by atoms with E-state index in [-0.39, 0.29) is 24.8 Å². The predicted molar refractivity (Wildman–Crippen MR) is 113 cm³/mol. The van der Waals surface area contributed by atoms with Gasteiger partial charge in [-0.25, -0.2) is 0 Å². The number of ether oxygens (including phenoxy) is 1. The van der Waals surface area contributed by atoms with Gasteiger partial charge in [-0.2, -0.15) is 0 Å². The zero-order valence-electron chi connectivity index (χ0n) is 17.0. The molecule has 2 aromatic carbocycles. The van der Waals surface area contributed by atoms with E-state index in [2.05, 4.69) is 10.6 Å². The Labute approximate surface area is 180 Å². The number of rotatable bonds is 7. The molecule has 0 radical (unpaired) electrons. The van der Waals surface area contributed by atoms with Gasteiger partial charge in [-0.3, -0.25) is 19.7 Å².